The third kappa shape index (κ3) is 5.56. The number of benzene rings is 3. The SMILES string of the molecule is COc1ccc(C(CNC(=O)c2cccc(S(=O)(=O)N3CCc4ccccc4C3)c2)N(C)C)cc1. The van der Waals surface area contributed by atoms with Crippen molar-refractivity contribution < 1.29 is 17.9 Å². The maximum absolute atomic E-state index is 13.3. The molecule has 0 radical (unpaired) electrons. The Balaban J connectivity index is 1.47. The lowest BCUT2D eigenvalue weighted by Crippen LogP contribution is -2.36. The molecule has 1 N–H and O–H groups in total. The van der Waals surface area contributed by atoms with Crippen LogP contribution < -0.4 is 10.1 Å². The van der Waals surface area contributed by atoms with Gasteiger partial charge in [0.15, 0.2) is 0 Å². The molecule has 0 bridgehead atoms. The van der Waals surface area contributed by atoms with Gasteiger partial charge in [-0.25, -0.2) is 8.42 Å². The van der Waals surface area contributed by atoms with E-state index in [0.717, 1.165) is 16.9 Å². The zero-order valence-electron chi connectivity index (χ0n) is 20.3. The van der Waals surface area contributed by atoms with E-state index >= 15 is 0 Å². The average Bonchev–Trinajstić information content (AvgIpc) is 2.88. The summed E-state index contributed by atoms with van der Waals surface area (Å²) in [6.07, 6.45) is 0.673. The van der Waals surface area contributed by atoms with E-state index in [2.05, 4.69) is 5.32 Å². The first-order valence-corrected chi connectivity index (χ1v) is 13.0. The lowest BCUT2D eigenvalue weighted by molar-refractivity contribution is 0.0941. The topological polar surface area (TPSA) is 78.9 Å². The highest BCUT2D eigenvalue weighted by atomic mass is 32.2. The van der Waals surface area contributed by atoms with Crippen molar-refractivity contribution in [3.63, 3.8) is 0 Å². The second-order valence-corrected chi connectivity index (χ2v) is 10.8. The summed E-state index contributed by atoms with van der Waals surface area (Å²) in [6.45, 7) is 1.13. The number of nitrogens with one attached hydrogen (secondary N) is 1. The van der Waals surface area contributed by atoms with E-state index in [1.807, 2.05) is 67.5 Å². The molecule has 35 heavy (non-hydrogen) atoms. The smallest absolute Gasteiger partial charge is 0.251 e. The highest BCUT2D eigenvalue weighted by molar-refractivity contribution is 7.89. The number of rotatable bonds is 8. The maximum Gasteiger partial charge on any atom is 0.251 e. The third-order valence-electron chi connectivity index (χ3n) is 6.41. The van der Waals surface area contributed by atoms with Gasteiger partial charge in [-0.3, -0.25) is 4.79 Å². The molecule has 1 aliphatic heterocycles. The first kappa shape index (κ1) is 24.9. The summed E-state index contributed by atoms with van der Waals surface area (Å²) in [5.74, 6) is 0.455. The Morgan fingerprint density at radius 1 is 1.03 bits per heavy atom. The van der Waals surface area contributed by atoms with Crippen LogP contribution in [0.25, 0.3) is 0 Å². The van der Waals surface area contributed by atoms with Crippen molar-refractivity contribution in [1.82, 2.24) is 14.5 Å². The summed E-state index contributed by atoms with van der Waals surface area (Å²) in [5, 5.41) is 2.96. The molecule has 4 rings (SSSR count). The lowest BCUT2D eigenvalue weighted by atomic mass is 10.0. The molecule has 0 spiro atoms. The second-order valence-electron chi connectivity index (χ2n) is 8.85. The van der Waals surface area contributed by atoms with Crippen molar-refractivity contribution in [2.24, 2.45) is 0 Å². The number of hydrogen-bond donors (Lipinski definition) is 1. The Hall–Kier alpha value is -3.20. The second kappa shape index (κ2) is 10.6. The Labute approximate surface area is 207 Å². The molecule has 0 fully saturated rings. The molecule has 1 atom stereocenters. The number of methoxy groups -OCH3 is 1. The van der Waals surface area contributed by atoms with Gasteiger partial charge in [-0.2, -0.15) is 4.31 Å². The van der Waals surface area contributed by atoms with Crippen LogP contribution in [0.5, 0.6) is 5.75 Å². The normalized spacial score (nSPS) is 14.9. The molecular weight excluding hydrogens is 462 g/mol. The summed E-state index contributed by atoms with van der Waals surface area (Å²) < 4.78 is 33.4. The molecule has 8 heteroatoms. The van der Waals surface area contributed by atoms with Crippen LogP contribution in [0.1, 0.15) is 33.1 Å². The van der Waals surface area contributed by atoms with Crippen LogP contribution in [-0.2, 0) is 23.0 Å². The van der Waals surface area contributed by atoms with Gasteiger partial charge >= 0.3 is 0 Å². The Morgan fingerprint density at radius 3 is 2.43 bits per heavy atom. The van der Waals surface area contributed by atoms with Crippen LogP contribution in [0.2, 0.25) is 0 Å². The van der Waals surface area contributed by atoms with Gasteiger partial charge < -0.3 is 15.0 Å². The van der Waals surface area contributed by atoms with Gasteiger partial charge in [0, 0.05) is 25.2 Å². The van der Waals surface area contributed by atoms with Gasteiger partial charge in [-0.1, -0.05) is 42.5 Å². The fourth-order valence-electron chi connectivity index (χ4n) is 4.34. The van der Waals surface area contributed by atoms with Crippen molar-refractivity contribution in [3.8, 4) is 5.75 Å². The van der Waals surface area contributed by atoms with Crippen LogP contribution in [0.15, 0.2) is 77.7 Å². The van der Waals surface area contributed by atoms with Crippen LogP contribution in [0, 0.1) is 0 Å². The molecule has 7 nitrogen and oxygen atoms in total. The van der Waals surface area contributed by atoms with E-state index in [0.29, 0.717) is 31.6 Å². The molecular formula is C27H31N3O4S. The van der Waals surface area contributed by atoms with Crippen molar-refractivity contribution >= 4 is 15.9 Å². The van der Waals surface area contributed by atoms with E-state index in [1.54, 1.807) is 25.3 Å². The first-order valence-electron chi connectivity index (χ1n) is 11.5. The number of carbonyl (C=O) groups is 1. The minimum atomic E-state index is -3.72. The zero-order valence-corrected chi connectivity index (χ0v) is 21.1. The van der Waals surface area contributed by atoms with Gasteiger partial charge in [0.2, 0.25) is 10.0 Å². The number of sulfonamides is 1. The summed E-state index contributed by atoms with van der Waals surface area (Å²) in [5.41, 5.74) is 3.55. The van der Waals surface area contributed by atoms with Crippen LogP contribution in [-0.4, -0.2) is 57.8 Å². The summed E-state index contributed by atoms with van der Waals surface area (Å²) in [4.78, 5) is 15.1. The van der Waals surface area contributed by atoms with Crippen molar-refractivity contribution in [3.05, 3.63) is 95.1 Å². The molecule has 0 aliphatic carbocycles. The number of amides is 1. The van der Waals surface area contributed by atoms with E-state index in [4.69, 9.17) is 4.74 Å². The fourth-order valence-corrected chi connectivity index (χ4v) is 5.80. The predicted molar refractivity (Wildman–Crippen MR) is 136 cm³/mol. The Kier molecular flexibility index (Phi) is 7.54. The average molecular weight is 494 g/mol. The Morgan fingerprint density at radius 2 is 1.74 bits per heavy atom. The van der Waals surface area contributed by atoms with Gasteiger partial charge in [-0.15, -0.1) is 0 Å². The molecule has 0 aromatic heterocycles. The molecule has 3 aromatic carbocycles. The van der Waals surface area contributed by atoms with E-state index in [9.17, 15) is 13.2 Å². The van der Waals surface area contributed by atoms with Crippen LogP contribution in [0.4, 0.5) is 0 Å². The van der Waals surface area contributed by atoms with Gasteiger partial charge in [-0.05, 0) is 67.5 Å². The van der Waals surface area contributed by atoms with E-state index in [-0.39, 0.29) is 16.8 Å². The first-order chi connectivity index (χ1) is 16.8. The number of ether oxygens (including phenoxy) is 1. The molecule has 3 aromatic rings. The van der Waals surface area contributed by atoms with Crippen molar-refractivity contribution in [2.75, 3.05) is 34.3 Å². The van der Waals surface area contributed by atoms with Crippen molar-refractivity contribution in [2.45, 2.75) is 23.9 Å². The largest absolute Gasteiger partial charge is 0.497 e. The quantitative estimate of drug-likeness (QED) is 0.520. The minimum Gasteiger partial charge on any atom is -0.497 e. The van der Waals surface area contributed by atoms with Crippen LogP contribution in [0.3, 0.4) is 0 Å². The fraction of sp³-hybridized carbons (Fsp3) is 0.296. The lowest BCUT2D eigenvalue weighted by Gasteiger charge is -2.28. The number of carbonyl (C=O) groups excluding carboxylic acids is 1. The van der Waals surface area contributed by atoms with Crippen LogP contribution >= 0.6 is 0 Å². The molecule has 0 saturated carbocycles. The maximum atomic E-state index is 13.3. The van der Waals surface area contributed by atoms with Gasteiger partial charge in [0.1, 0.15) is 5.75 Å². The molecule has 184 valence electrons. The number of nitrogens with zero attached hydrogens (tertiary/aromatic N) is 2. The predicted octanol–water partition coefficient (Wildman–Crippen LogP) is 3.47. The minimum absolute atomic E-state index is 0.0508. The highest BCUT2D eigenvalue weighted by Gasteiger charge is 2.28. The molecule has 1 amide bonds. The standard InChI is InChI=1S/C27H31N3O4S/c1-29(2)26(21-11-13-24(34-3)14-12-21)18-28-27(31)22-9-6-10-25(17-22)35(32,33)30-16-15-20-7-4-5-8-23(20)19-30/h4-14,17,26H,15-16,18-19H2,1-3H3,(H,28,31). The molecule has 1 unspecified atom stereocenters. The van der Waals surface area contributed by atoms with Gasteiger partial charge in [0.05, 0.1) is 18.0 Å². The molecule has 1 aliphatic rings. The van der Waals surface area contributed by atoms with Gasteiger partial charge in [0.25, 0.3) is 5.91 Å². The monoisotopic (exact) mass is 493 g/mol. The molecule has 0 saturated heterocycles. The third-order valence-corrected chi connectivity index (χ3v) is 8.25. The summed E-state index contributed by atoms with van der Waals surface area (Å²) in [6, 6.07) is 21.8. The summed E-state index contributed by atoms with van der Waals surface area (Å²) >= 11 is 0. The Bertz CT molecular complexity index is 1290. The molecule has 1 heterocycles. The number of hydrogen-bond acceptors (Lipinski definition) is 5. The number of fused-ring (bicyclic) bond motifs is 1. The van der Waals surface area contributed by atoms with Crippen molar-refractivity contribution in [1.29, 1.82) is 0 Å². The highest BCUT2D eigenvalue weighted by Crippen LogP contribution is 2.26. The summed E-state index contributed by atoms with van der Waals surface area (Å²) in [7, 11) is 1.80. The van der Waals surface area contributed by atoms with E-state index in [1.165, 1.54) is 15.9 Å². The van der Waals surface area contributed by atoms with E-state index < -0.39 is 10.0 Å². The zero-order chi connectivity index (χ0) is 25.0. The number of likely N-dealkylation sites (N-methyl/N-ethyl adjacent to an activating group) is 1.